The fraction of sp³-hybridized carbons (Fsp3) is 0.818. The van der Waals surface area contributed by atoms with Crippen LogP contribution in [0.2, 0.25) is 0 Å². The molecule has 1 saturated heterocycles. The van der Waals surface area contributed by atoms with Crippen molar-refractivity contribution in [2.45, 2.75) is 90.6 Å². The molecule has 7 atom stereocenters. The molecule has 1 N–H and O–H groups in total. The second-order valence-corrected chi connectivity index (χ2v) is 10.2. The van der Waals surface area contributed by atoms with Crippen molar-refractivity contribution in [3.8, 4) is 0 Å². The fourth-order valence-corrected chi connectivity index (χ4v) is 6.91. The van der Waals surface area contributed by atoms with Crippen LogP contribution < -0.4 is 0 Å². The Bertz CT molecular complexity index is 670. The zero-order valence-electron chi connectivity index (χ0n) is 17.5. The van der Waals surface area contributed by atoms with Gasteiger partial charge in [-0.05, 0) is 43.4 Å². The molecule has 0 spiro atoms. The molecule has 5 nitrogen and oxygen atoms in total. The van der Waals surface area contributed by atoms with Crippen molar-refractivity contribution in [3.05, 3.63) is 12.7 Å². The number of aliphatic hydroxyl groups is 1. The Hall–Kier alpha value is -1.20. The average Bonchev–Trinajstić information content (AvgIpc) is 2.49. The number of fused-ring (bicyclic) bond motifs is 3. The predicted octanol–water partition coefficient (Wildman–Crippen LogP) is 3.43. The molecule has 1 aliphatic heterocycles. The molecule has 2 saturated carbocycles. The van der Waals surface area contributed by atoms with Gasteiger partial charge in [0.15, 0.2) is 6.10 Å². The van der Waals surface area contributed by atoms with Crippen LogP contribution in [0.25, 0.3) is 0 Å². The Morgan fingerprint density at radius 3 is 2.44 bits per heavy atom. The normalized spacial score (nSPS) is 48.9. The highest BCUT2D eigenvalue weighted by atomic mass is 16.6. The first-order valence-electron chi connectivity index (χ1n) is 10.0. The summed E-state index contributed by atoms with van der Waals surface area (Å²) in [7, 11) is 0. The molecule has 152 valence electrons. The van der Waals surface area contributed by atoms with Gasteiger partial charge >= 0.3 is 5.97 Å². The minimum Gasteiger partial charge on any atom is -0.457 e. The first-order valence-corrected chi connectivity index (χ1v) is 10.0. The van der Waals surface area contributed by atoms with Crippen LogP contribution in [0, 0.1) is 22.7 Å². The van der Waals surface area contributed by atoms with Gasteiger partial charge in [-0.3, -0.25) is 9.59 Å². The molecule has 3 aliphatic rings. The van der Waals surface area contributed by atoms with Crippen molar-refractivity contribution < 1.29 is 24.2 Å². The van der Waals surface area contributed by atoms with Crippen LogP contribution in [0.5, 0.6) is 0 Å². The first kappa shape index (κ1) is 20.5. The average molecular weight is 379 g/mol. The van der Waals surface area contributed by atoms with Crippen molar-refractivity contribution in [2.75, 3.05) is 0 Å². The van der Waals surface area contributed by atoms with E-state index >= 15 is 0 Å². The molecule has 0 aromatic rings. The second kappa shape index (κ2) is 6.15. The number of carbonyl (C=O) groups excluding carboxylic acids is 2. The maximum absolute atomic E-state index is 13.5. The van der Waals surface area contributed by atoms with Crippen molar-refractivity contribution in [2.24, 2.45) is 22.7 Å². The van der Waals surface area contributed by atoms with Gasteiger partial charge in [0.1, 0.15) is 11.4 Å². The van der Waals surface area contributed by atoms with E-state index in [4.69, 9.17) is 9.47 Å². The monoisotopic (exact) mass is 378 g/mol. The molecule has 0 aromatic carbocycles. The summed E-state index contributed by atoms with van der Waals surface area (Å²) in [6.45, 7) is 15.2. The van der Waals surface area contributed by atoms with Gasteiger partial charge in [-0.25, -0.2) is 0 Å². The Morgan fingerprint density at radius 2 is 1.89 bits per heavy atom. The molecule has 0 radical (unpaired) electrons. The maximum Gasteiger partial charge on any atom is 0.303 e. The Balaban J connectivity index is 2.20. The van der Waals surface area contributed by atoms with Gasteiger partial charge < -0.3 is 14.6 Å². The van der Waals surface area contributed by atoms with Crippen molar-refractivity contribution >= 4 is 11.8 Å². The van der Waals surface area contributed by atoms with E-state index in [2.05, 4.69) is 27.4 Å². The highest BCUT2D eigenvalue weighted by Gasteiger charge is 2.71. The third-order valence-electron chi connectivity index (χ3n) is 7.56. The van der Waals surface area contributed by atoms with E-state index in [9.17, 15) is 14.7 Å². The van der Waals surface area contributed by atoms with Gasteiger partial charge in [0.05, 0.1) is 17.6 Å². The van der Waals surface area contributed by atoms with E-state index in [1.807, 2.05) is 13.8 Å². The lowest BCUT2D eigenvalue weighted by atomic mass is 9.42. The summed E-state index contributed by atoms with van der Waals surface area (Å²) in [5, 5.41) is 11.5. The molecule has 2 aliphatic carbocycles. The molecule has 3 fully saturated rings. The highest BCUT2D eigenvalue weighted by molar-refractivity contribution is 5.86. The Morgan fingerprint density at radius 1 is 1.26 bits per heavy atom. The first-order chi connectivity index (χ1) is 12.3. The summed E-state index contributed by atoms with van der Waals surface area (Å²) in [6, 6.07) is 0. The van der Waals surface area contributed by atoms with Gasteiger partial charge in [0.2, 0.25) is 0 Å². The third kappa shape index (κ3) is 2.89. The Labute approximate surface area is 162 Å². The van der Waals surface area contributed by atoms with Crippen molar-refractivity contribution in [1.82, 2.24) is 0 Å². The van der Waals surface area contributed by atoms with Crippen LogP contribution in [-0.2, 0) is 19.1 Å². The zero-order valence-corrected chi connectivity index (χ0v) is 17.5. The standard InChI is InChI=1S/C22H34O5/c1-8-20(5)12-14(24)16-21(6)11-9-10-19(3,4)17(21)15(25)18(26-13(2)23)22(16,7)27-20/h8,15-18,25H,1,9-12H2,2-7H3/t15-,16+,17?,18-,20-,21+,22-/m0/s1. The molecule has 0 bridgehead atoms. The largest absolute Gasteiger partial charge is 0.457 e. The molecule has 0 aromatic heterocycles. The smallest absolute Gasteiger partial charge is 0.303 e. The molecular weight excluding hydrogens is 344 g/mol. The summed E-state index contributed by atoms with van der Waals surface area (Å²) >= 11 is 0. The lowest BCUT2D eigenvalue weighted by Crippen LogP contribution is -2.75. The second-order valence-electron chi connectivity index (χ2n) is 10.2. The molecule has 27 heavy (non-hydrogen) atoms. The molecule has 3 rings (SSSR count). The number of esters is 1. The number of hydrogen-bond acceptors (Lipinski definition) is 5. The number of hydrogen-bond donors (Lipinski definition) is 1. The highest BCUT2D eigenvalue weighted by Crippen LogP contribution is 2.65. The van der Waals surface area contributed by atoms with Crippen LogP contribution in [0.1, 0.15) is 67.2 Å². The van der Waals surface area contributed by atoms with E-state index in [-0.39, 0.29) is 23.5 Å². The molecule has 0 amide bonds. The predicted molar refractivity (Wildman–Crippen MR) is 102 cm³/mol. The summed E-state index contributed by atoms with van der Waals surface area (Å²) in [6.07, 6.45) is 2.94. The van der Waals surface area contributed by atoms with Crippen LogP contribution in [-0.4, -0.2) is 40.3 Å². The zero-order chi connectivity index (χ0) is 20.4. The van der Waals surface area contributed by atoms with E-state index < -0.39 is 40.7 Å². The van der Waals surface area contributed by atoms with E-state index in [1.54, 1.807) is 6.08 Å². The van der Waals surface area contributed by atoms with Crippen molar-refractivity contribution in [3.63, 3.8) is 0 Å². The number of rotatable bonds is 2. The molecule has 1 heterocycles. The van der Waals surface area contributed by atoms with Gasteiger partial charge in [-0.15, -0.1) is 6.58 Å². The molecular formula is C22H34O5. The van der Waals surface area contributed by atoms with Crippen molar-refractivity contribution in [1.29, 1.82) is 0 Å². The number of ether oxygens (including phenoxy) is 2. The third-order valence-corrected chi connectivity index (χ3v) is 7.56. The van der Waals surface area contributed by atoms with E-state index in [0.717, 1.165) is 19.3 Å². The van der Waals surface area contributed by atoms with Crippen LogP contribution in [0.3, 0.4) is 0 Å². The van der Waals surface area contributed by atoms with Gasteiger partial charge in [0, 0.05) is 13.3 Å². The molecule has 5 heteroatoms. The van der Waals surface area contributed by atoms with Crippen LogP contribution in [0.15, 0.2) is 12.7 Å². The topological polar surface area (TPSA) is 72.8 Å². The van der Waals surface area contributed by atoms with Crippen LogP contribution >= 0.6 is 0 Å². The summed E-state index contributed by atoms with van der Waals surface area (Å²) in [5.41, 5.74) is -2.51. The number of Topliss-reactive ketones (excluding diaryl/α,β-unsaturated/α-hetero) is 1. The lowest BCUT2D eigenvalue weighted by molar-refractivity contribution is -0.307. The number of aliphatic hydroxyl groups excluding tert-OH is 1. The van der Waals surface area contributed by atoms with E-state index in [0.29, 0.717) is 0 Å². The quantitative estimate of drug-likeness (QED) is 0.589. The Kier molecular flexibility index (Phi) is 4.68. The van der Waals surface area contributed by atoms with E-state index in [1.165, 1.54) is 6.92 Å². The number of ketones is 1. The van der Waals surface area contributed by atoms with Crippen LogP contribution in [0.4, 0.5) is 0 Å². The summed E-state index contributed by atoms with van der Waals surface area (Å²) < 4.78 is 12.1. The van der Waals surface area contributed by atoms with Gasteiger partial charge in [-0.2, -0.15) is 0 Å². The minimum absolute atomic E-state index is 0.111. The number of carbonyl (C=O) groups is 2. The minimum atomic E-state index is -1.10. The van der Waals surface area contributed by atoms with Gasteiger partial charge in [0.25, 0.3) is 0 Å². The lowest BCUT2D eigenvalue weighted by Gasteiger charge is -2.67. The maximum atomic E-state index is 13.5. The fourth-order valence-electron chi connectivity index (χ4n) is 6.91. The SMILES string of the molecule is C=C[C@@]1(C)CC(=O)[C@H]2[C@](C)(O1)[C@@H](OC(C)=O)[C@@H](O)C1C(C)(C)CCC[C@@]12C. The summed E-state index contributed by atoms with van der Waals surface area (Å²) in [4.78, 5) is 25.4. The van der Waals surface area contributed by atoms with Gasteiger partial charge in [-0.1, -0.05) is 33.3 Å². The molecule has 1 unspecified atom stereocenters. The summed E-state index contributed by atoms with van der Waals surface area (Å²) in [5.74, 6) is -0.948.